The van der Waals surface area contributed by atoms with E-state index in [2.05, 4.69) is 35.7 Å². The lowest BCUT2D eigenvalue weighted by molar-refractivity contribution is 0.0946. The molecule has 0 unspecified atom stereocenters. The van der Waals surface area contributed by atoms with Gasteiger partial charge in [0.25, 0.3) is 5.91 Å². The largest absolute Gasteiger partial charge is 0.383 e. The first-order valence-electron chi connectivity index (χ1n) is 7.73. The smallest absolute Gasteiger partial charge is 0.271 e. The van der Waals surface area contributed by atoms with Gasteiger partial charge in [-0.15, -0.1) is 0 Å². The lowest BCUT2D eigenvalue weighted by Gasteiger charge is -2.07. The molecule has 0 spiro atoms. The van der Waals surface area contributed by atoms with Crippen LogP contribution in [0.25, 0.3) is 11.0 Å². The quantitative estimate of drug-likeness (QED) is 0.553. The molecule has 2 N–H and O–H groups in total. The fourth-order valence-corrected chi connectivity index (χ4v) is 2.25. The summed E-state index contributed by atoms with van der Waals surface area (Å²) in [5.41, 5.74) is 0.975. The highest BCUT2D eigenvalue weighted by atomic mass is 16.5. The molecule has 3 rings (SSSR count). The van der Waals surface area contributed by atoms with E-state index in [1.54, 1.807) is 18.0 Å². The van der Waals surface area contributed by atoms with Crippen LogP contribution in [0.3, 0.4) is 0 Å². The predicted molar refractivity (Wildman–Crippen MR) is 90.1 cm³/mol. The minimum absolute atomic E-state index is 0.277. The first kappa shape index (κ1) is 16.7. The monoisotopic (exact) mass is 342 g/mol. The van der Waals surface area contributed by atoms with Gasteiger partial charge in [-0.05, 0) is 0 Å². The van der Waals surface area contributed by atoms with Gasteiger partial charge in [-0.3, -0.25) is 9.78 Å². The highest BCUT2D eigenvalue weighted by molar-refractivity contribution is 5.91. The maximum atomic E-state index is 11.9. The Balaban J connectivity index is 1.62. The van der Waals surface area contributed by atoms with Crippen molar-refractivity contribution in [2.75, 3.05) is 32.1 Å². The van der Waals surface area contributed by atoms with E-state index in [0.717, 1.165) is 5.39 Å². The number of hydrogen-bond acceptors (Lipinski definition) is 8. The summed E-state index contributed by atoms with van der Waals surface area (Å²) in [6.07, 6.45) is 7.60. The maximum absolute atomic E-state index is 11.9. The number of rotatable bonds is 8. The van der Waals surface area contributed by atoms with Gasteiger partial charge in [0.05, 0.1) is 30.9 Å². The van der Waals surface area contributed by atoms with Crippen LogP contribution >= 0.6 is 0 Å². The summed E-state index contributed by atoms with van der Waals surface area (Å²) in [6, 6.07) is 0. The average Bonchev–Trinajstić information content (AvgIpc) is 3.07. The van der Waals surface area contributed by atoms with Crippen LogP contribution in [0.4, 0.5) is 5.82 Å². The second kappa shape index (κ2) is 8.11. The summed E-state index contributed by atoms with van der Waals surface area (Å²) in [6.45, 7) is 2.09. The lowest BCUT2D eigenvalue weighted by atomic mass is 10.4. The molecule has 0 aliphatic rings. The molecule has 0 saturated carbocycles. The van der Waals surface area contributed by atoms with Crippen molar-refractivity contribution in [2.45, 2.75) is 6.54 Å². The molecule has 25 heavy (non-hydrogen) atoms. The number of methoxy groups -OCH3 is 1. The number of amides is 1. The van der Waals surface area contributed by atoms with E-state index in [1.165, 1.54) is 24.9 Å². The Hall–Kier alpha value is -3.14. The number of fused-ring (bicyclic) bond motifs is 1. The van der Waals surface area contributed by atoms with Gasteiger partial charge in [0, 0.05) is 32.6 Å². The number of nitrogens with zero attached hydrogens (tertiary/aromatic N) is 6. The Morgan fingerprint density at radius 3 is 2.92 bits per heavy atom. The molecule has 0 fully saturated rings. The van der Waals surface area contributed by atoms with Crippen molar-refractivity contribution >= 4 is 22.8 Å². The number of anilines is 1. The topological polar surface area (TPSA) is 120 Å². The molecular formula is C15H18N8O2. The van der Waals surface area contributed by atoms with Crippen molar-refractivity contribution in [3.63, 3.8) is 0 Å². The molecule has 0 atom stereocenters. The second-order valence-corrected chi connectivity index (χ2v) is 5.09. The van der Waals surface area contributed by atoms with E-state index in [9.17, 15) is 4.79 Å². The molecule has 3 heterocycles. The van der Waals surface area contributed by atoms with Gasteiger partial charge in [0.1, 0.15) is 17.8 Å². The number of carbonyl (C=O) groups excluding carboxylic acids is 1. The zero-order valence-corrected chi connectivity index (χ0v) is 13.7. The molecule has 0 radical (unpaired) electrons. The molecule has 10 heteroatoms. The Morgan fingerprint density at radius 1 is 1.20 bits per heavy atom. The van der Waals surface area contributed by atoms with Crippen LogP contribution in [0.2, 0.25) is 0 Å². The van der Waals surface area contributed by atoms with Gasteiger partial charge in [-0.1, -0.05) is 0 Å². The summed E-state index contributed by atoms with van der Waals surface area (Å²) in [7, 11) is 1.64. The van der Waals surface area contributed by atoms with Crippen LogP contribution in [0.1, 0.15) is 10.5 Å². The normalized spacial score (nSPS) is 10.8. The van der Waals surface area contributed by atoms with Gasteiger partial charge in [-0.25, -0.2) is 19.6 Å². The van der Waals surface area contributed by atoms with Crippen LogP contribution in [-0.2, 0) is 11.3 Å². The number of aromatic nitrogens is 6. The van der Waals surface area contributed by atoms with Gasteiger partial charge < -0.3 is 15.4 Å². The molecule has 3 aromatic heterocycles. The van der Waals surface area contributed by atoms with Crippen molar-refractivity contribution in [3.8, 4) is 0 Å². The van der Waals surface area contributed by atoms with E-state index < -0.39 is 0 Å². The van der Waals surface area contributed by atoms with E-state index in [-0.39, 0.29) is 11.6 Å². The van der Waals surface area contributed by atoms with Gasteiger partial charge in [-0.2, -0.15) is 5.10 Å². The maximum Gasteiger partial charge on any atom is 0.271 e. The third-order valence-electron chi connectivity index (χ3n) is 3.44. The molecule has 3 aromatic rings. The fraction of sp³-hybridized carbons (Fsp3) is 0.333. The zero-order chi connectivity index (χ0) is 17.5. The van der Waals surface area contributed by atoms with E-state index in [1.807, 2.05) is 0 Å². The fourth-order valence-electron chi connectivity index (χ4n) is 2.25. The minimum Gasteiger partial charge on any atom is -0.383 e. The second-order valence-electron chi connectivity index (χ2n) is 5.09. The third kappa shape index (κ3) is 4.04. The minimum atomic E-state index is -0.277. The van der Waals surface area contributed by atoms with Crippen LogP contribution < -0.4 is 10.6 Å². The third-order valence-corrected chi connectivity index (χ3v) is 3.44. The molecule has 1 amide bonds. The van der Waals surface area contributed by atoms with Gasteiger partial charge in [0.2, 0.25) is 0 Å². The van der Waals surface area contributed by atoms with Gasteiger partial charge >= 0.3 is 0 Å². The molecule has 0 bridgehead atoms. The Bertz CT molecular complexity index is 836. The van der Waals surface area contributed by atoms with Crippen molar-refractivity contribution in [1.82, 2.24) is 35.0 Å². The first-order chi connectivity index (χ1) is 12.3. The summed E-state index contributed by atoms with van der Waals surface area (Å²) < 4.78 is 6.73. The highest BCUT2D eigenvalue weighted by Gasteiger charge is 2.10. The molecular weight excluding hydrogens is 324 g/mol. The van der Waals surface area contributed by atoms with E-state index >= 15 is 0 Å². The number of nitrogens with one attached hydrogen (secondary N) is 2. The molecule has 130 valence electrons. The highest BCUT2D eigenvalue weighted by Crippen LogP contribution is 2.18. The number of carbonyl (C=O) groups is 1. The molecule has 10 nitrogen and oxygen atoms in total. The van der Waals surface area contributed by atoms with Crippen molar-refractivity contribution < 1.29 is 9.53 Å². The number of hydrogen-bond donors (Lipinski definition) is 2. The van der Waals surface area contributed by atoms with E-state index in [0.29, 0.717) is 37.7 Å². The van der Waals surface area contributed by atoms with Gasteiger partial charge in [0.15, 0.2) is 5.65 Å². The molecule has 0 aliphatic heterocycles. The standard InChI is InChI=1S/C15H18N8O2/c1-25-7-5-18-13-11-8-22-23(14(11)21-10-20-13)6-4-19-15(24)12-9-16-2-3-17-12/h2-3,8-10H,4-7H2,1H3,(H,19,24)(H,18,20,21). The van der Waals surface area contributed by atoms with Crippen molar-refractivity contribution in [3.05, 3.63) is 36.8 Å². The van der Waals surface area contributed by atoms with E-state index in [4.69, 9.17) is 4.74 Å². The van der Waals surface area contributed by atoms with Crippen LogP contribution in [0, 0.1) is 0 Å². The Labute approximate surface area is 143 Å². The van der Waals surface area contributed by atoms with Crippen LogP contribution in [0.15, 0.2) is 31.1 Å². The predicted octanol–water partition coefficient (Wildman–Crippen LogP) is 0.105. The van der Waals surface area contributed by atoms with Crippen molar-refractivity contribution in [1.29, 1.82) is 0 Å². The van der Waals surface area contributed by atoms with Crippen molar-refractivity contribution in [2.24, 2.45) is 0 Å². The molecule has 0 aliphatic carbocycles. The first-order valence-corrected chi connectivity index (χ1v) is 7.73. The SMILES string of the molecule is COCCNc1ncnc2c1cnn2CCNC(=O)c1cnccn1. The zero-order valence-electron chi connectivity index (χ0n) is 13.7. The number of ether oxygens (including phenoxy) is 1. The summed E-state index contributed by atoms with van der Waals surface area (Å²) >= 11 is 0. The lowest BCUT2D eigenvalue weighted by Crippen LogP contribution is -2.28. The summed E-state index contributed by atoms with van der Waals surface area (Å²) in [5, 5.41) is 11.1. The van der Waals surface area contributed by atoms with Crippen LogP contribution in [-0.4, -0.2) is 62.4 Å². The Morgan fingerprint density at radius 2 is 2.12 bits per heavy atom. The molecule has 0 aromatic carbocycles. The average molecular weight is 342 g/mol. The molecule has 0 saturated heterocycles. The summed E-state index contributed by atoms with van der Waals surface area (Å²) in [5.74, 6) is 0.429. The Kier molecular flexibility index (Phi) is 5.42. The van der Waals surface area contributed by atoms with Crippen LogP contribution in [0.5, 0.6) is 0 Å². The summed E-state index contributed by atoms with van der Waals surface area (Å²) in [4.78, 5) is 28.3.